The van der Waals surface area contributed by atoms with E-state index in [0.717, 1.165) is 28.3 Å². The van der Waals surface area contributed by atoms with E-state index in [1.165, 1.54) is 61.5 Å². The highest BCUT2D eigenvalue weighted by Crippen LogP contribution is 2.46. The number of amides is 2. The Hall–Kier alpha value is -7.27. The van der Waals surface area contributed by atoms with Crippen LogP contribution in [0, 0.1) is 23.0 Å². The van der Waals surface area contributed by atoms with Crippen LogP contribution in [0.4, 0.5) is 44.7 Å². The minimum absolute atomic E-state index is 0.0947. The van der Waals surface area contributed by atoms with E-state index >= 15 is 4.39 Å². The molecule has 2 amide bonds. The average Bonchev–Trinajstić information content (AvgIpc) is 3.73. The van der Waals surface area contributed by atoms with Crippen molar-refractivity contribution in [3.05, 3.63) is 135 Å². The smallest absolute Gasteiger partial charge is 0.385 e. The van der Waals surface area contributed by atoms with Crippen molar-refractivity contribution in [2.45, 2.75) is 43.9 Å². The number of nitrogens with zero attached hydrogens (tertiary/aromatic N) is 7. The molecule has 4 heterocycles. The third-order valence-electron chi connectivity index (χ3n) is 10.9. The van der Waals surface area contributed by atoms with Gasteiger partial charge < -0.3 is 20.9 Å². The van der Waals surface area contributed by atoms with Gasteiger partial charge in [0.2, 0.25) is 0 Å². The second-order valence-corrected chi connectivity index (χ2v) is 15.5. The van der Waals surface area contributed by atoms with Crippen LogP contribution in [0.3, 0.4) is 0 Å². The zero-order chi connectivity index (χ0) is 44.2. The molecule has 2 aliphatic rings. The normalized spacial score (nSPS) is 17.0. The van der Waals surface area contributed by atoms with Crippen molar-refractivity contribution in [3.8, 4) is 6.07 Å². The molecule has 0 unspecified atom stereocenters. The number of benzene rings is 4. The van der Waals surface area contributed by atoms with Crippen LogP contribution in [-0.4, -0.2) is 60.5 Å². The molecule has 62 heavy (non-hydrogen) atoms. The molecule has 0 saturated carbocycles. The topological polar surface area (TPSA) is 177 Å². The maximum Gasteiger partial charge on any atom is 0.417 e. The highest BCUT2D eigenvalue weighted by Gasteiger charge is 2.51. The summed E-state index contributed by atoms with van der Waals surface area (Å²) in [5.41, 5.74) is -1.68. The zero-order valence-electron chi connectivity index (χ0n) is 32.9. The Labute approximate surface area is 354 Å². The molecule has 4 N–H and O–H groups in total. The summed E-state index contributed by atoms with van der Waals surface area (Å²) in [6.45, 7) is 3.58. The first-order valence-corrected chi connectivity index (χ1v) is 19.4. The zero-order valence-corrected chi connectivity index (χ0v) is 33.8. The first-order valence-electron chi connectivity index (χ1n) is 19.0. The molecule has 1 saturated heterocycles. The van der Waals surface area contributed by atoms with Crippen molar-refractivity contribution in [2.75, 3.05) is 33.5 Å². The van der Waals surface area contributed by atoms with Gasteiger partial charge in [0.15, 0.2) is 5.11 Å². The quantitative estimate of drug-likeness (QED) is 0.0658. The van der Waals surface area contributed by atoms with E-state index in [4.69, 9.17) is 12.2 Å². The van der Waals surface area contributed by atoms with Crippen molar-refractivity contribution < 1.29 is 31.5 Å². The van der Waals surface area contributed by atoms with Crippen molar-refractivity contribution in [1.82, 2.24) is 30.3 Å². The van der Waals surface area contributed by atoms with Crippen LogP contribution in [0.2, 0.25) is 0 Å². The lowest BCUT2D eigenvalue weighted by atomic mass is 9.83. The van der Waals surface area contributed by atoms with Gasteiger partial charge in [-0.15, -0.1) is 0 Å². The van der Waals surface area contributed by atoms with E-state index in [1.54, 1.807) is 11.7 Å². The highest BCUT2D eigenvalue weighted by molar-refractivity contribution is 7.81. The predicted octanol–water partition coefficient (Wildman–Crippen LogP) is 6.67. The molecule has 20 heteroatoms. The monoisotopic (exact) mass is 867 g/mol. The number of H-pyrrole nitrogens is 1. The molecule has 0 bridgehead atoms. The van der Waals surface area contributed by atoms with E-state index in [-0.39, 0.29) is 34.0 Å². The number of halogens is 5. The Morgan fingerprint density at radius 1 is 1.00 bits per heavy atom. The van der Waals surface area contributed by atoms with E-state index in [1.807, 2.05) is 24.3 Å². The molecule has 2 aliphatic heterocycles. The fourth-order valence-electron chi connectivity index (χ4n) is 7.88. The number of aromatic nitrogens is 5. The van der Waals surface area contributed by atoms with Crippen molar-refractivity contribution in [1.29, 1.82) is 5.26 Å². The Morgan fingerprint density at radius 3 is 2.42 bits per heavy atom. The van der Waals surface area contributed by atoms with Gasteiger partial charge in [-0.1, -0.05) is 12.1 Å². The molecule has 0 aliphatic carbocycles. The molecular formula is C42H34F5N11O3S. The van der Waals surface area contributed by atoms with Gasteiger partial charge in [-0.3, -0.25) is 24.0 Å². The van der Waals surface area contributed by atoms with Crippen LogP contribution >= 0.6 is 12.2 Å². The predicted molar refractivity (Wildman–Crippen MR) is 223 cm³/mol. The first-order chi connectivity index (χ1) is 29.5. The van der Waals surface area contributed by atoms with Crippen LogP contribution in [0.1, 0.15) is 70.8 Å². The molecule has 8 rings (SSSR count). The number of hydrogen-bond donors (Lipinski definition) is 4. The number of alkyl halides is 3. The fraction of sp³-hybridized carbons (Fsp3) is 0.238. The molecule has 2 atom stereocenters. The van der Waals surface area contributed by atoms with Gasteiger partial charge in [0.05, 0.1) is 51.5 Å². The van der Waals surface area contributed by atoms with E-state index in [0.29, 0.717) is 41.6 Å². The second kappa shape index (κ2) is 15.6. The number of carbonyl (C=O) groups excluding carboxylic acids is 2. The molecule has 1 fully saturated rings. The maximum absolute atomic E-state index is 15.5. The van der Waals surface area contributed by atoms with E-state index < -0.39 is 63.8 Å². The Kier molecular flexibility index (Phi) is 10.5. The van der Waals surface area contributed by atoms with E-state index in [2.05, 4.69) is 36.2 Å². The minimum atomic E-state index is -4.87. The van der Waals surface area contributed by atoms with Crippen LogP contribution < -0.4 is 31.3 Å². The summed E-state index contributed by atoms with van der Waals surface area (Å²) in [6.07, 6.45) is -2.99. The van der Waals surface area contributed by atoms with Gasteiger partial charge >= 0.3 is 6.18 Å². The molecule has 0 radical (unpaired) electrons. The number of nitriles is 1. The van der Waals surface area contributed by atoms with Crippen LogP contribution in [-0.2, 0) is 18.0 Å². The highest BCUT2D eigenvalue weighted by atomic mass is 32.1. The van der Waals surface area contributed by atoms with Crippen molar-refractivity contribution >= 4 is 62.7 Å². The molecule has 316 valence electrons. The second-order valence-electron chi connectivity index (χ2n) is 15.1. The number of aryl methyl sites for hydroxylation is 1. The number of anilines is 4. The first kappa shape index (κ1) is 41.5. The average molecular weight is 868 g/mol. The van der Waals surface area contributed by atoms with Crippen LogP contribution in [0.25, 0.3) is 10.8 Å². The number of thiocarbonyl (C=S) groups is 1. The summed E-state index contributed by atoms with van der Waals surface area (Å²) < 4.78 is 73.0. The Balaban J connectivity index is 0.897. The largest absolute Gasteiger partial charge is 0.417 e. The van der Waals surface area contributed by atoms with Gasteiger partial charge in [-0.2, -0.15) is 28.6 Å². The lowest BCUT2D eigenvalue weighted by Crippen LogP contribution is -2.44. The third kappa shape index (κ3) is 7.23. The summed E-state index contributed by atoms with van der Waals surface area (Å²) in [5.74, 6) is -2.78. The lowest BCUT2D eigenvalue weighted by Gasteiger charge is -2.33. The molecule has 2 aromatic heterocycles. The van der Waals surface area contributed by atoms with Gasteiger partial charge in [-0.25, -0.2) is 18.9 Å². The SMILES string of the molecule is Cn1ncnc1[C@H]1c2n[nH]c(=O)c3cc(F)cc(c23)N[C@@H]1c1ccc(NCCCNC(=O)c2ccc(N3C(=S)N(c4ccc(C#N)c(C(F)(F)F)c4)C(=O)C3(C)C)cc2F)cc1. The van der Waals surface area contributed by atoms with Gasteiger partial charge in [0.1, 0.15) is 29.3 Å². The minimum Gasteiger partial charge on any atom is -0.385 e. The number of aromatic amines is 1. The molecule has 14 nitrogen and oxygen atoms in total. The Bertz CT molecular complexity index is 2910. The Morgan fingerprint density at radius 2 is 1.74 bits per heavy atom. The fourth-order valence-corrected chi connectivity index (χ4v) is 8.41. The molecular weight excluding hydrogens is 834 g/mol. The standard InChI is InChI=1S/C42H34F5N11O3S/c1-41(2)39(61)57(25-10-7-22(19-48)29(17-25)42(45,46)47)40(62)58(41)26-11-12-27(30(44)18-26)37(59)50-14-4-13-49-24-8-5-21(6-9-24)34-33(36-51-20-52-56(36)3)35-32-28(38(60)55-54-35)15-23(43)16-31(32)53-34/h5-12,15-18,20,33-34,49,53H,4,13-14H2,1-3H3,(H,50,59)(H,55,60)/t33-,34-/m1/s1. The summed E-state index contributed by atoms with van der Waals surface area (Å²) in [4.78, 5) is 45.8. The maximum atomic E-state index is 15.5. The summed E-state index contributed by atoms with van der Waals surface area (Å²) in [5, 5.41) is 30.1. The van der Waals surface area contributed by atoms with Crippen molar-refractivity contribution in [2.24, 2.45) is 7.05 Å². The third-order valence-corrected chi connectivity index (χ3v) is 11.3. The number of nitrogens with one attached hydrogen (secondary N) is 4. The summed E-state index contributed by atoms with van der Waals surface area (Å²) in [7, 11) is 1.75. The van der Waals surface area contributed by atoms with Gasteiger partial charge in [0, 0.05) is 42.6 Å². The van der Waals surface area contributed by atoms with Crippen molar-refractivity contribution in [3.63, 3.8) is 0 Å². The molecule has 6 aromatic rings. The summed E-state index contributed by atoms with van der Waals surface area (Å²) >= 11 is 5.53. The van der Waals surface area contributed by atoms with Crippen LogP contribution in [0.5, 0.6) is 0 Å². The van der Waals surface area contributed by atoms with E-state index in [9.17, 15) is 37.2 Å². The molecule has 4 aromatic carbocycles. The summed E-state index contributed by atoms with van der Waals surface area (Å²) in [6, 6.07) is 17.5. The number of rotatable bonds is 10. The number of hydrogen-bond acceptors (Lipinski definition) is 10. The number of carbonyl (C=O) groups is 2. The molecule has 0 spiro atoms. The lowest BCUT2D eigenvalue weighted by molar-refractivity contribution is -0.137. The van der Waals surface area contributed by atoms with Crippen LogP contribution in [0.15, 0.2) is 83.9 Å². The van der Waals surface area contributed by atoms with Gasteiger partial charge in [-0.05, 0) is 98.7 Å². The van der Waals surface area contributed by atoms with Gasteiger partial charge in [0.25, 0.3) is 17.4 Å².